The van der Waals surface area contributed by atoms with Crippen LogP contribution in [0, 0.1) is 0 Å². The van der Waals surface area contributed by atoms with Crippen molar-refractivity contribution in [3.05, 3.63) is 54.1 Å². The summed E-state index contributed by atoms with van der Waals surface area (Å²) in [4.78, 5) is 26.2. The van der Waals surface area contributed by atoms with Crippen LogP contribution < -0.4 is 10.6 Å². The van der Waals surface area contributed by atoms with Crippen LogP contribution in [0.1, 0.15) is 12.0 Å². The van der Waals surface area contributed by atoms with E-state index >= 15 is 0 Å². The van der Waals surface area contributed by atoms with Gasteiger partial charge in [-0.2, -0.15) is 13.1 Å². The van der Waals surface area contributed by atoms with Gasteiger partial charge in [-0.05, 0) is 17.7 Å². The number of rotatable bonds is 7. The van der Waals surface area contributed by atoms with Crippen LogP contribution in [0.4, 0.5) is 4.79 Å². The molecule has 0 aliphatic carbocycles. The molecule has 2 N–H and O–H groups in total. The first kappa shape index (κ1) is 23.2. The monoisotopic (exact) mass is 488 g/mol. The van der Waals surface area contributed by atoms with Crippen molar-refractivity contribution in [2.45, 2.75) is 17.9 Å². The highest BCUT2D eigenvalue weighted by Gasteiger charge is 2.30. The van der Waals surface area contributed by atoms with Crippen molar-refractivity contribution in [1.29, 1.82) is 0 Å². The lowest BCUT2D eigenvalue weighted by atomic mass is 10.2. The van der Waals surface area contributed by atoms with Crippen molar-refractivity contribution in [3.63, 3.8) is 0 Å². The fourth-order valence-corrected chi connectivity index (χ4v) is 5.77. The number of carbonyl (C=O) groups excluding carboxylic acids is 2. The Morgan fingerprint density at radius 1 is 0.970 bits per heavy atom. The summed E-state index contributed by atoms with van der Waals surface area (Å²) < 4.78 is 35.9. The molecule has 1 aliphatic heterocycles. The second kappa shape index (κ2) is 10.3. The molecule has 0 radical (unpaired) electrons. The third kappa shape index (κ3) is 5.71. The van der Waals surface area contributed by atoms with E-state index in [1.807, 2.05) is 35.2 Å². The largest absolute Gasteiger partial charge is 0.334 e. The van der Waals surface area contributed by atoms with Crippen molar-refractivity contribution in [2.75, 3.05) is 32.7 Å². The number of fused-ring (bicyclic) bond motifs is 1. The molecule has 12 heteroatoms. The number of carbonyl (C=O) groups is 2. The van der Waals surface area contributed by atoms with Crippen molar-refractivity contribution in [2.24, 2.45) is 0 Å². The van der Waals surface area contributed by atoms with Crippen LogP contribution in [-0.4, -0.2) is 71.0 Å². The Hall–Kier alpha value is -2.93. The van der Waals surface area contributed by atoms with Crippen LogP contribution in [0.2, 0.25) is 0 Å². The Balaban J connectivity index is 1.22. The summed E-state index contributed by atoms with van der Waals surface area (Å²) in [5.74, 6) is -0.377. The summed E-state index contributed by atoms with van der Waals surface area (Å²) in [6, 6.07) is 13.8. The lowest BCUT2D eigenvalue weighted by molar-refractivity contribution is -0.120. The lowest BCUT2D eigenvalue weighted by Gasteiger charge is -2.33. The van der Waals surface area contributed by atoms with Gasteiger partial charge in [0.1, 0.15) is 15.9 Å². The van der Waals surface area contributed by atoms with Gasteiger partial charge in [-0.15, -0.1) is 0 Å². The summed E-state index contributed by atoms with van der Waals surface area (Å²) in [7, 11) is -3.68. The molecule has 1 fully saturated rings. The van der Waals surface area contributed by atoms with Gasteiger partial charge in [0.25, 0.3) is 0 Å². The maximum absolute atomic E-state index is 13.1. The molecule has 0 atom stereocenters. The number of nitrogens with one attached hydrogen (secondary N) is 2. The van der Waals surface area contributed by atoms with E-state index in [-0.39, 0.29) is 17.2 Å². The molecule has 1 saturated heterocycles. The summed E-state index contributed by atoms with van der Waals surface area (Å²) in [5, 5.41) is 4.97. The van der Waals surface area contributed by atoms with Crippen LogP contribution >= 0.6 is 11.7 Å². The van der Waals surface area contributed by atoms with E-state index in [1.54, 1.807) is 18.2 Å². The fraction of sp³-hybridized carbons (Fsp3) is 0.333. The molecule has 3 aromatic rings. The molecule has 1 aliphatic rings. The first-order chi connectivity index (χ1) is 15.9. The van der Waals surface area contributed by atoms with Gasteiger partial charge in [-0.25, -0.2) is 13.2 Å². The number of sulfonamides is 1. The molecule has 3 amide bonds. The first-order valence-electron chi connectivity index (χ1n) is 10.5. The third-order valence-electron chi connectivity index (χ3n) is 5.40. The van der Waals surface area contributed by atoms with Crippen molar-refractivity contribution in [1.82, 2.24) is 28.6 Å². The SMILES string of the molecule is O=C(CCN1CCN(S(=O)(=O)c2cccc3nsnc23)CC1)NC(=O)NCc1ccccc1. The fourth-order valence-electron chi connectivity index (χ4n) is 3.59. The number of nitrogens with zero attached hydrogens (tertiary/aromatic N) is 4. The quantitative estimate of drug-likeness (QED) is 0.515. The Labute approximate surface area is 196 Å². The van der Waals surface area contributed by atoms with Gasteiger partial charge in [-0.1, -0.05) is 36.4 Å². The van der Waals surface area contributed by atoms with Gasteiger partial charge in [0, 0.05) is 45.7 Å². The van der Waals surface area contributed by atoms with Gasteiger partial charge < -0.3 is 10.2 Å². The molecular weight excluding hydrogens is 464 g/mol. The number of aromatic nitrogens is 2. The molecular formula is C21H24N6O4S2. The molecule has 1 aromatic heterocycles. The molecule has 0 unspecified atom stereocenters. The van der Waals surface area contributed by atoms with E-state index in [9.17, 15) is 18.0 Å². The summed E-state index contributed by atoms with van der Waals surface area (Å²) >= 11 is 0.988. The first-order valence-corrected chi connectivity index (χ1v) is 12.7. The van der Waals surface area contributed by atoms with Crippen LogP contribution in [0.3, 0.4) is 0 Å². The normalized spacial score (nSPS) is 15.4. The van der Waals surface area contributed by atoms with Gasteiger partial charge in [0.15, 0.2) is 0 Å². The van der Waals surface area contributed by atoms with E-state index in [1.165, 1.54) is 4.31 Å². The van der Waals surface area contributed by atoms with Crippen LogP contribution in [-0.2, 0) is 21.4 Å². The van der Waals surface area contributed by atoms with Gasteiger partial charge >= 0.3 is 6.03 Å². The second-order valence-corrected chi connectivity index (χ2v) is 10.0. The Morgan fingerprint density at radius 2 is 1.73 bits per heavy atom. The van der Waals surface area contributed by atoms with Gasteiger partial charge in [0.2, 0.25) is 15.9 Å². The molecule has 2 heterocycles. The zero-order valence-corrected chi connectivity index (χ0v) is 19.4. The Kier molecular flexibility index (Phi) is 7.28. The number of piperazine rings is 1. The van der Waals surface area contributed by atoms with E-state index in [4.69, 9.17) is 0 Å². The molecule has 4 rings (SSSR count). The molecule has 174 valence electrons. The maximum atomic E-state index is 13.1. The summed E-state index contributed by atoms with van der Waals surface area (Å²) in [6.07, 6.45) is 0.148. The van der Waals surface area contributed by atoms with E-state index in [0.717, 1.165) is 17.3 Å². The van der Waals surface area contributed by atoms with E-state index in [2.05, 4.69) is 19.4 Å². The van der Waals surface area contributed by atoms with Crippen molar-refractivity contribution < 1.29 is 18.0 Å². The number of hydrogen-bond acceptors (Lipinski definition) is 8. The predicted octanol–water partition coefficient (Wildman–Crippen LogP) is 1.41. The number of benzene rings is 2. The smallest absolute Gasteiger partial charge is 0.321 e. The topological polar surface area (TPSA) is 125 Å². The summed E-state index contributed by atoms with van der Waals surface area (Å²) in [6.45, 7) is 2.40. The zero-order chi connectivity index (χ0) is 23.3. The Bertz CT molecular complexity index is 1220. The highest BCUT2D eigenvalue weighted by atomic mass is 32.2. The number of amides is 3. The molecule has 0 saturated carbocycles. The van der Waals surface area contributed by atoms with E-state index < -0.39 is 16.1 Å². The molecule has 10 nitrogen and oxygen atoms in total. The molecule has 2 aromatic carbocycles. The van der Waals surface area contributed by atoms with Crippen LogP contribution in [0.15, 0.2) is 53.4 Å². The number of hydrogen-bond donors (Lipinski definition) is 2. The highest BCUT2D eigenvalue weighted by Crippen LogP contribution is 2.25. The minimum absolute atomic E-state index is 0.148. The minimum atomic E-state index is -3.68. The standard InChI is InChI=1S/C21H24N6O4S2/c28-19(23-21(29)22-15-16-5-2-1-3-6-16)9-10-26-11-13-27(14-12-26)33(30,31)18-8-4-7-17-20(18)25-32-24-17/h1-8H,9-15H2,(H2,22,23,28,29). The zero-order valence-electron chi connectivity index (χ0n) is 17.8. The highest BCUT2D eigenvalue weighted by molar-refractivity contribution is 7.89. The molecule has 33 heavy (non-hydrogen) atoms. The maximum Gasteiger partial charge on any atom is 0.321 e. The lowest BCUT2D eigenvalue weighted by Crippen LogP contribution is -2.49. The Morgan fingerprint density at radius 3 is 2.48 bits per heavy atom. The van der Waals surface area contributed by atoms with Crippen molar-refractivity contribution >= 4 is 44.7 Å². The van der Waals surface area contributed by atoms with E-state index in [0.29, 0.717) is 50.3 Å². The summed E-state index contributed by atoms with van der Waals surface area (Å²) in [5.41, 5.74) is 1.90. The average molecular weight is 489 g/mol. The van der Waals surface area contributed by atoms with Gasteiger partial charge in [0.05, 0.1) is 11.7 Å². The van der Waals surface area contributed by atoms with Gasteiger partial charge in [-0.3, -0.25) is 10.1 Å². The number of urea groups is 1. The molecule has 0 bridgehead atoms. The third-order valence-corrected chi connectivity index (χ3v) is 7.87. The minimum Gasteiger partial charge on any atom is -0.334 e. The second-order valence-electron chi connectivity index (χ2n) is 7.60. The molecule has 0 spiro atoms. The van der Waals surface area contributed by atoms with Crippen LogP contribution in [0.25, 0.3) is 11.0 Å². The van der Waals surface area contributed by atoms with Crippen molar-refractivity contribution in [3.8, 4) is 0 Å². The average Bonchev–Trinajstić information content (AvgIpc) is 3.31. The van der Waals surface area contributed by atoms with Crippen LogP contribution in [0.5, 0.6) is 0 Å². The number of imide groups is 1. The predicted molar refractivity (Wildman–Crippen MR) is 124 cm³/mol.